The SMILES string of the molecule is CNC(=O)c1ccc(OCCCN2CC3CCCC3C2)cc1. The molecule has 2 fully saturated rings. The largest absolute Gasteiger partial charge is 0.494 e. The third kappa shape index (κ3) is 3.61. The Labute approximate surface area is 132 Å². The molecule has 4 heteroatoms. The van der Waals surface area contributed by atoms with Gasteiger partial charge in [0.2, 0.25) is 0 Å². The predicted molar refractivity (Wildman–Crippen MR) is 87.2 cm³/mol. The predicted octanol–water partition coefficient (Wildman–Crippen LogP) is 2.55. The molecule has 1 aromatic rings. The molecule has 1 saturated carbocycles. The molecule has 4 nitrogen and oxygen atoms in total. The van der Waals surface area contributed by atoms with Gasteiger partial charge in [-0.05, 0) is 55.4 Å². The summed E-state index contributed by atoms with van der Waals surface area (Å²) in [6.45, 7) is 4.48. The Bertz CT molecular complexity index is 488. The van der Waals surface area contributed by atoms with Crippen LogP contribution in [0.25, 0.3) is 0 Å². The van der Waals surface area contributed by atoms with E-state index in [1.165, 1.54) is 32.4 Å². The second-order valence-electron chi connectivity index (χ2n) is 6.52. The van der Waals surface area contributed by atoms with Gasteiger partial charge in [0.05, 0.1) is 6.61 Å². The van der Waals surface area contributed by atoms with Crippen molar-refractivity contribution in [1.29, 1.82) is 0 Å². The number of amides is 1. The number of likely N-dealkylation sites (tertiary alicyclic amines) is 1. The molecule has 3 rings (SSSR count). The third-order valence-corrected chi connectivity index (χ3v) is 5.03. The second kappa shape index (κ2) is 7.14. The van der Waals surface area contributed by atoms with Gasteiger partial charge >= 0.3 is 0 Å². The summed E-state index contributed by atoms with van der Waals surface area (Å²) in [5.74, 6) is 2.72. The Kier molecular flexibility index (Phi) is 4.98. The van der Waals surface area contributed by atoms with Gasteiger partial charge in [-0.3, -0.25) is 4.79 Å². The van der Waals surface area contributed by atoms with E-state index in [-0.39, 0.29) is 5.91 Å². The Morgan fingerprint density at radius 1 is 1.23 bits per heavy atom. The number of nitrogens with one attached hydrogen (secondary N) is 1. The summed E-state index contributed by atoms with van der Waals surface area (Å²) < 4.78 is 5.77. The van der Waals surface area contributed by atoms with Crippen molar-refractivity contribution in [2.75, 3.05) is 33.3 Å². The van der Waals surface area contributed by atoms with Crippen molar-refractivity contribution in [3.05, 3.63) is 29.8 Å². The zero-order valence-corrected chi connectivity index (χ0v) is 13.4. The molecule has 2 aliphatic rings. The van der Waals surface area contributed by atoms with Crippen LogP contribution in [0.15, 0.2) is 24.3 Å². The maximum Gasteiger partial charge on any atom is 0.251 e. The minimum Gasteiger partial charge on any atom is -0.494 e. The van der Waals surface area contributed by atoms with Crippen LogP contribution in [0.2, 0.25) is 0 Å². The number of fused-ring (bicyclic) bond motifs is 1. The van der Waals surface area contributed by atoms with Crippen LogP contribution >= 0.6 is 0 Å². The van der Waals surface area contributed by atoms with Crippen molar-refractivity contribution in [2.45, 2.75) is 25.7 Å². The average Bonchev–Trinajstić information content (AvgIpc) is 3.13. The monoisotopic (exact) mass is 302 g/mol. The summed E-state index contributed by atoms with van der Waals surface area (Å²) in [5.41, 5.74) is 0.665. The standard InChI is InChI=1S/C18H26N2O2/c1-19-18(21)14-6-8-17(9-7-14)22-11-3-10-20-12-15-4-2-5-16(15)13-20/h6-9,15-16H,2-5,10-13H2,1H3,(H,19,21). The lowest BCUT2D eigenvalue weighted by atomic mass is 10.0. The van der Waals surface area contributed by atoms with E-state index in [0.717, 1.165) is 37.2 Å². The normalized spacial score (nSPS) is 24.2. The minimum atomic E-state index is -0.0638. The lowest BCUT2D eigenvalue weighted by molar-refractivity contribution is 0.0963. The Hall–Kier alpha value is -1.55. The van der Waals surface area contributed by atoms with Crippen molar-refractivity contribution < 1.29 is 9.53 Å². The van der Waals surface area contributed by atoms with Crippen LogP contribution in [-0.2, 0) is 0 Å². The van der Waals surface area contributed by atoms with Crippen molar-refractivity contribution in [3.8, 4) is 5.75 Å². The average molecular weight is 302 g/mol. The molecule has 2 unspecified atom stereocenters. The molecule has 1 aliphatic heterocycles. The fraction of sp³-hybridized carbons (Fsp3) is 0.611. The number of carbonyl (C=O) groups is 1. The lowest BCUT2D eigenvalue weighted by Crippen LogP contribution is -2.24. The summed E-state index contributed by atoms with van der Waals surface area (Å²) in [6, 6.07) is 7.33. The van der Waals surface area contributed by atoms with Gasteiger partial charge in [0.1, 0.15) is 5.75 Å². The molecular weight excluding hydrogens is 276 g/mol. The highest BCUT2D eigenvalue weighted by Crippen LogP contribution is 2.37. The Morgan fingerprint density at radius 3 is 2.55 bits per heavy atom. The maximum absolute atomic E-state index is 11.5. The number of nitrogens with zero attached hydrogens (tertiary/aromatic N) is 1. The van der Waals surface area contributed by atoms with E-state index in [2.05, 4.69) is 10.2 Å². The summed E-state index contributed by atoms with van der Waals surface area (Å²) >= 11 is 0. The summed E-state index contributed by atoms with van der Waals surface area (Å²) in [6.07, 6.45) is 5.39. The van der Waals surface area contributed by atoms with E-state index in [4.69, 9.17) is 4.74 Å². The van der Waals surface area contributed by atoms with Crippen LogP contribution in [0.3, 0.4) is 0 Å². The van der Waals surface area contributed by atoms with Crippen LogP contribution in [0.1, 0.15) is 36.0 Å². The number of benzene rings is 1. The highest BCUT2D eigenvalue weighted by molar-refractivity contribution is 5.94. The highest BCUT2D eigenvalue weighted by atomic mass is 16.5. The van der Waals surface area contributed by atoms with Gasteiger partial charge in [0.25, 0.3) is 5.91 Å². The van der Waals surface area contributed by atoms with E-state index in [0.29, 0.717) is 5.56 Å². The molecular formula is C18H26N2O2. The fourth-order valence-corrected chi connectivity index (χ4v) is 3.84. The van der Waals surface area contributed by atoms with Gasteiger partial charge < -0.3 is 15.0 Å². The molecule has 1 aliphatic carbocycles. The molecule has 120 valence electrons. The summed E-state index contributed by atoms with van der Waals surface area (Å²) in [5, 5.41) is 2.62. The number of hydrogen-bond donors (Lipinski definition) is 1. The van der Waals surface area contributed by atoms with E-state index in [9.17, 15) is 4.79 Å². The van der Waals surface area contributed by atoms with E-state index < -0.39 is 0 Å². The van der Waals surface area contributed by atoms with Gasteiger partial charge in [0.15, 0.2) is 0 Å². The van der Waals surface area contributed by atoms with Crippen molar-refractivity contribution in [3.63, 3.8) is 0 Å². The second-order valence-corrected chi connectivity index (χ2v) is 6.52. The molecule has 1 aromatic carbocycles. The van der Waals surface area contributed by atoms with Crippen molar-refractivity contribution in [1.82, 2.24) is 10.2 Å². The van der Waals surface area contributed by atoms with E-state index >= 15 is 0 Å². The molecule has 22 heavy (non-hydrogen) atoms. The molecule has 1 saturated heterocycles. The highest BCUT2D eigenvalue weighted by Gasteiger charge is 2.35. The molecule has 1 heterocycles. The first kappa shape index (κ1) is 15.3. The van der Waals surface area contributed by atoms with Gasteiger partial charge in [-0.2, -0.15) is 0 Å². The molecule has 0 spiro atoms. The van der Waals surface area contributed by atoms with Crippen LogP contribution in [0.4, 0.5) is 0 Å². The zero-order chi connectivity index (χ0) is 15.4. The summed E-state index contributed by atoms with van der Waals surface area (Å²) in [4.78, 5) is 14.1. The zero-order valence-electron chi connectivity index (χ0n) is 13.4. The van der Waals surface area contributed by atoms with Crippen LogP contribution < -0.4 is 10.1 Å². The minimum absolute atomic E-state index is 0.0638. The number of rotatable bonds is 6. The lowest BCUT2D eigenvalue weighted by Gasteiger charge is -2.16. The third-order valence-electron chi connectivity index (χ3n) is 5.03. The van der Waals surface area contributed by atoms with E-state index in [1.54, 1.807) is 19.2 Å². The quantitative estimate of drug-likeness (QED) is 0.821. The molecule has 0 bridgehead atoms. The number of carbonyl (C=O) groups excluding carboxylic acids is 1. The topological polar surface area (TPSA) is 41.6 Å². The molecule has 0 aromatic heterocycles. The Morgan fingerprint density at radius 2 is 1.91 bits per heavy atom. The van der Waals surface area contributed by atoms with Crippen LogP contribution in [0.5, 0.6) is 5.75 Å². The van der Waals surface area contributed by atoms with Gasteiger partial charge in [-0.15, -0.1) is 0 Å². The molecule has 1 amide bonds. The fourth-order valence-electron chi connectivity index (χ4n) is 3.84. The van der Waals surface area contributed by atoms with Crippen molar-refractivity contribution in [2.24, 2.45) is 11.8 Å². The first-order valence-electron chi connectivity index (χ1n) is 8.43. The first-order valence-corrected chi connectivity index (χ1v) is 8.43. The van der Waals surface area contributed by atoms with E-state index in [1.807, 2.05) is 12.1 Å². The Balaban J connectivity index is 1.36. The van der Waals surface area contributed by atoms with Gasteiger partial charge in [-0.1, -0.05) is 6.42 Å². The molecule has 1 N–H and O–H groups in total. The van der Waals surface area contributed by atoms with Crippen LogP contribution in [-0.4, -0.2) is 44.1 Å². The van der Waals surface area contributed by atoms with Gasteiger partial charge in [0, 0.05) is 32.2 Å². The number of hydrogen-bond acceptors (Lipinski definition) is 3. The summed E-state index contributed by atoms with van der Waals surface area (Å²) in [7, 11) is 1.64. The maximum atomic E-state index is 11.5. The first-order chi connectivity index (χ1) is 10.8. The van der Waals surface area contributed by atoms with Gasteiger partial charge in [-0.25, -0.2) is 0 Å². The molecule has 0 radical (unpaired) electrons. The molecule has 2 atom stereocenters. The smallest absolute Gasteiger partial charge is 0.251 e. The van der Waals surface area contributed by atoms with Crippen LogP contribution in [0, 0.1) is 11.8 Å². The number of ether oxygens (including phenoxy) is 1. The van der Waals surface area contributed by atoms with Crippen molar-refractivity contribution >= 4 is 5.91 Å².